The molecule has 1 fully saturated rings. The molecular formula is C19H17F3N2O6. The van der Waals surface area contributed by atoms with Gasteiger partial charge in [0.25, 0.3) is 5.69 Å². The van der Waals surface area contributed by atoms with Gasteiger partial charge in [-0.2, -0.15) is 13.2 Å². The normalized spacial score (nSPS) is 18.7. The molecule has 0 N–H and O–H groups in total. The predicted octanol–water partition coefficient (Wildman–Crippen LogP) is 4.87. The summed E-state index contributed by atoms with van der Waals surface area (Å²) < 4.78 is 54.8. The zero-order chi connectivity index (χ0) is 21.9. The van der Waals surface area contributed by atoms with Crippen LogP contribution in [0.25, 0.3) is 0 Å². The number of aromatic nitrogens is 1. The van der Waals surface area contributed by atoms with Crippen LogP contribution >= 0.6 is 0 Å². The van der Waals surface area contributed by atoms with Gasteiger partial charge < -0.3 is 14.2 Å². The first-order chi connectivity index (χ1) is 14.2. The fourth-order valence-electron chi connectivity index (χ4n) is 3.37. The van der Waals surface area contributed by atoms with Crippen molar-refractivity contribution in [2.24, 2.45) is 0 Å². The van der Waals surface area contributed by atoms with Crippen LogP contribution in [0.2, 0.25) is 0 Å². The van der Waals surface area contributed by atoms with Crippen LogP contribution in [0, 0.1) is 10.1 Å². The summed E-state index contributed by atoms with van der Waals surface area (Å²) in [6.07, 6.45) is -3.48. The van der Waals surface area contributed by atoms with Crippen molar-refractivity contribution in [3.8, 4) is 11.6 Å². The van der Waals surface area contributed by atoms with E-state index < -0.39 is 40.7 Å². The molecule has 11 heteroatoms. The van der Waals surface area contributed by atoms with Crippen molar-refractivity contribution in [3.63, 3.8) is 0 Å². The number of carbonyl (C=O) groups is 1. The number of non-ortho nitro benzene ring substituents is 1. The second-order valence-electron chi connectivity index (χ2n) is 6.62. The largest absolute Gasteiger partial charge is 0.514 e. The minimum Gasteiger partial charge on any atom is -0.481 e. The Balaban J connectivity index is 1.71. The number of alkyl halides is 3. The Labute approximate surface area is 168 Å². The maximum atomic E-state index is 13.3. The lowest BCUT2D eigenvalue weighted by molar-refractivity contribution is -0.384. The van der Waals surface area contributed by atoms with Crippen LogP contribution in [0.3, 0.4) is 0 Å². The highest BCUT2D eigenvalue weighted by Gasteiger charge is 2.38. The molecule has 8 nitrogen and oxygen atoms in total. The standard InChI is InChI=1S/C19H17F3N2O6/c1-28-17-15(19(20,21)22)9-11(10-23-17)14-3-2-4-16(14)30-18(25)29-13-7-5-12(6-8-13)24(26)27/h5-10,14,16H,2-4H2,1H3/t14-,16+/m1/s1. The quantitative estimate of drug-likeness (QED) is 0.291. The summed E-state index contributed by atoms with van der Waals surface area (Å²) >= 11 is 0. The number of rotatable bonds is 5. The van der Waals surface area contributed by atoms with E-state index in [1.807, 2.05) is 0 Å². The van der Waals surface area contributed by atoms with E-state index in [0.29, 0.717) is 19.3 Å². The van der Waals surface area contributed by atoms with Crippen LogP contribution in [0.5, 0.6) is 11.6 Å². The molecule has 1 aromatic heterocycles. The Kier molecular flexibility index (Phi) is 6.09. The first-order valence-corrected chi connectivity index (χ1v) is 8.93. The second-order valence-corrected chi connectivity index (χ2v) is 6.62. The summed E-state index contributed by atoms with van der Waals surface area (Å²) in [6, 6.07) is 5.79. The number of nitrogens with zero attached hydrogens (tertiary/aromatic N) is 2. The first-order valence-electron chi connectivity index (χ1n) is 8.93. The van der Waals surface area contributed by atoms with Crippen molar-refractivity contribution in [1.82, 2.24) is 4.98 Å². The minimum atomic E-state index is -4.64. The summed E-state index contributed by atoms with van der Waals surface area (Å²) in [5, 5.41) is 10.7. The number of benzene rings is 1. The van der Waals surface area contributed by atoms with Crippen molar-refractivity contribution >= 4 is 11.8 Å². The predicted molar refractivity (Wildman–Crippen MR) is 96.4 cm³/mol. The summed E-state index contributed by atoms with van der Waals surface area (Å²) in [5.74, 6) is -0.959. The first kappa shape index (κ1) is 21.3. The summed E-state index contributed by atoms with van der Waals surface area (Å²) in [7, 11) is 1.10. The number of nitro benzene ring substituents is 1. The van der Waals surface area contributed by atoms with Gasteiger partial charge in [-0.25, -0.2) is 9.78 Å². The third-order valence-electron chi connectivity index (χ3n) is 4.75. The van der Waals surface area contributed by atoms with Gasteiger partial charge in [-0.1, -0.05) is 0 Å². The highest BCUT2D eigenvalue weighted by atomic mass is 19.4. The van der Waals surface area contributed by atoms with Gasteiger partial charge in [0.05, 0.1) is 12.0 Å². The zero-order valence-electron chi connectivity index (χ0n) is 15.7. The molecule has 0 radical (unpaired) electrons. The fourth-order valence-corrected chi connectivity index (χ4v) is 3.37. The number of hydrogen-bond donors (Lipinski definition) is 0. The van der Waals surface area contributed by atoms with Crippen LogP contribution < -0.4 is 9.47 Å². The average Bonchev–Trinajstić information content (AvgIpc) is 3.15. The van der Waals surface area contributed by atoms with Crippen LogP contribution in [0.4, 0.5) is 23.7 Å². The van der Waals surface area contributed by atoms with Gasteiger partial charge >= 0.3 is 12.3 Å². The Morgan fingerprint density at radius 1 is 1.23 bits per heavy atom. The molecule has 2 atom stereocenters. The molecular weight excluding hydrogens is 409 g/mol. The van der Waals surface area contributed by atoms with Crippen molar-refractivity contribution < 1.29 is 37.1 Å². The van der Waals surface area contributed by atoms with E-state index in [2.05, 4.69) is 4.98 Å². The molecule has 0 spiro atoms. The van der Waals surface area contributed by atoms with Crippen LogP contribution in [0.15, 0.2) is 36.5 Å². The molecule has 1 aliphatic carbocycles. The third kappa shape index (κ3) is 4.78. The van der Waals surface area contributed by atoms with Gasteiger partial charge in [0.1, 0.15) is 17.4 Å². The molecule has 2 aromatic rings. The monoisotopic (exact) mass is 426 g/mol. The number of ether oxygens (including phenoxy) is 3. The number of methoxy groups -OCH3 is 1. The highest BCUT2D eigenvalue weighted by Crippen LogP contribution is 2.41. The van der Waals surface area contributed by atoms with Gasteiger partial charge in [0, 0.05) is 24.2 Å². The molecule has 160 valence electrons. The lowest BCUT2D eigenvalue weighted by Crippen LogP contribution is -2.23. The summed E-state index contributed by atoms with van der Waals surface area (Å²) in [6.45, 7) is 0. The minimum absolute atomic E-state index is 0.0469. The molecule has 1 heterocycles. The number of carbonyl (C=O) groups excluding carboxylic acids is 1. The third-order valence-corrected chi connectivity index (χ3v) is 4.75. The average molecular weight is 426 g/mol. The number of pyridine rings is 1. The van der Waals surface area contributed by atoms with Gasteiger partial charge in [-0.15, -0.1) is 0 Å². The smallest absolute Gasteiger partial charge is 0.481 e. The van der Waals surface area contributed by atoms with Gasteiger partial charge in [-0.05, 0) is 43.0 Å². The molecule has 0 unspecified atom stereocenters. The van der Waals surface area contributed by atoms with E-state index in [1.165, 1.54) is 30.5 Å². The van der Waals surface area contributed by atoms with E-state index in [9.17, 15) is 28.1 Å². The highest BCUT2D eigenvalue weighted by molar-refractivity contribution is 5.64. The molecule has 3 rings (SSSR count). The Bertz CT molecular complexity index is 933. The molecule has 0 saturated heterocycles. The Hall–Kier alpha value is -3.37. The van der Waals surface area contributed by atoms with Crippen molar-refractivity contribution in [2.75, 3.05) is 7.11 Å². The van der Waals surface area contributed by atoms with Crippen molar-refractivity contribution in [1.29, 1.82) is 0 Å². The van der Waals surface area contributed by atoms with Crippen molar-refractivity contribution in [2.45, 2.75) is 37.5 Å². The Morgan fingerprint density at radius 2 is 1.93 bits per heavy atom. The molecule has 30 heavy (non-hydrogen) atoms. The molecule has 0 bridgehead atoms. The summed E-state index contributed by atoms with van der Waals surface area (Å²) in [5.41, 5.74) is -0.880. The fraction of sp³-hybridized carbons (Fsp3) is 0.368. The van der Waals surface area contributed by atoms with E-state index in [4.69, 9.17) is 14.2 Å². The van der Waals surface area contributed by atoms with Crippen LogP contribution in [-0.4, -0.2) is 29.3 Å². The van der Waals surface area contributed by atoms with E-state index >= 15 is 0 Å². The SMILES string of the molecule is COc1ncc([C@H]2CCC[C@@H]2OC(=O)Oc2ccc([N+](=O)[O-])cc2)cc1C(F)(F)F. The number of halogens is 3. The van der Waals surface area contributed by atoms with Gasteiger partial charge in [0.2, 0.25) is 5.88 Å². The lowest BCUT2D eigenvalue weighted by Gasteiger charge is -2.21. The van der Waals surface area contributed by atoms with E-state index in [-0.39, 0.29) is 17.0 Å². The maximum Gasteiger partial charge on any atom is 0.514 e. The lowest BCUT2D eigenvalue weighted by atomic mass is 9.96. The second kappa shape index (κ2) is 8.56. The Morgan fingerprint density at radius 3 is 2.53 bits per heavy atom. The van der Waals surface area contributed by atoms with Gasteiger partial charge in [0.15, 0.2) is 0 Å². The molecule has 1 aliphatic rings. The van der Waals surface area contributed by atoms with E-state index in [1.54, 1.807) is 0 Å². The number of nitro groups is 1. The van der Waals surface area contributed by atoms with Gasteiger partial charge in [-0.3, -0.25) is 10.1 Å². The topological polar surface area (TPSA) is 101 Å². The maximum absolute atomic E-state index is 13.3. The molecule has 0 amide bonds. The van der Waals surface area contributed by atoms with Crippen LogP contribution in [-0.2, 0) is 10.9 Å². The van der Waals surface area contributed by atoms with E-state index in [0.717, 1.165) is 13.2 Å². The summed E-state index contributed by atoms with van der Waals surface area (Å²) in [4.78, 5) is 25.9. The number of hydrogen-bond acceptors (Lipinski definition) is 7. The molecule has 0 aliphatic heterocycles. The van der Waals surface area contributed by atoms with Crippen LogP contribution in [0.1, 0.15) is 36.3 Å². The molecule has 1 saturated carbocycles. The van der Waals surface area contributed by atoms with Crippen molar-refractivity contribution in [3.05, 3.63) is 57.8 Å². The zero-order valence-corrected chi connectivity index (χ0v) is 15.7. The molecule has 1 aromatic carbocycles.